The van der Waals surface area contributed by atoms with E-state index in [1.165, 1.54) is 17.4 Å². The van der Waals surface area contributed by atoms with Gasteiger partial charge in [0.15, 0.2) is 0 Å². The molecule has 3 aromatic heterocycles. The Morgan fingerprint density at radius 2 is 1.23 bits per heavy atom. The molecule has 0 bridgehead atoms. The topological polar surface area (TPSA) is 82.8 Å². The Hall–Kier alpha value is -4.36. The van der Waals surface area contributed by atoms with Crippen molar-refractivity contribution in [3.8, 4) is 37.1 Å². The summed E-state index contributed by atoms with van der Waals surface area (Å²) in [6.45, 7) is 0. The van der Waals surface area contributed by atoms with Gasteiger partial charge in [-0.05, 0) is 91.0 Å². The van der Waals surface area contributed by atoms with E-state index >= 15 is 0 Å². The van der Waals surface area contributed by atoms with Crippen LogP contribution in [-0.4, -0.2) is 25.3 Å². The highest BCUT2D eigenvalue weighted by molar-refractivity contribution is 7.27. The Kier molecular flexibility index (Phi) is 7.79. The van der Waals surface area contributed by atoms with Gasteiger partial charge in [-0.2, -0.15) is 5.26 Å². The van der Waals surface area contributed by atoms with Crippen molar-refractivity contribution in [1.82, 2.24) is 0 Å². The third kappa shape index (κ3) is 5.73. The molecule has 0 fully saturated rings. The highest BCUT2D eigenvalue weighted by Crippen LogP contribution is 2.45. The van der Waals surface area contributed by atoms with Crippen LogP contribution in [0.4, 0.5) is 16.4 Å². The normalized spacial score (nSPS) is 11.2. The summed E-state index contributed by atoms with van der Waals surface area (Å²) in [5, 5.41) is 19.2. The molecule has 0 aliphatic rings. The number of methoxy groups -OCH3 is 2. The first-order valence-corrected chi connectivity index (χ1v) is 14.2. The molecule has 0 aliphatic carbocycles. The van der Waals surface area contributed by atoms with Crippen molar-refractivity contribution >= 4 is 62.4 Å². The molecule has 5 rings (SSSR count). The zero-order valence-corrected chi connectivity index (χ0v) is 23.4. The summed E-state index contributed by atoms with van der Waals surface area (Å²) in [5.74, 6) is 0.369. The maximum atomic E-state index is 11.2. The summed E-state index contributed by atoms with van der Waals surface area (Å²) in [6, 6.07) is 29.9. The van der Waals surface area contributed by atoms with Crippen LogP contribution in [0.15, 0.2) is 90.5 Å². The van der Waals surface area contributed by atoms with E-state index in [2.05, 4.69) is 29.2 Å². The van der Waals surface area contributed by atoms with Crippen LogP contribution in [0.5, 0.6) is 11.5 Å². The molecule has 0 saturated heterocycles. The lowest BCUT2D eigenvalue weighted by molar-refractivity contribution is -0.132. The van der Waals surface area contributed by atoms with Gasteiger partial charge in [0.1, 0.15) is 28.1 Å². The molecule has 0 saturated carbocycles. The number of carbonyl (C=O) groups is 1. The van der Waals surface area contributed by atoms with Crippen LogP contribution in [0.25, 0.3) is 25.6 Å². The van der Waals surface area contributed by atoms with Gasteiger partial charge < -0.3 is 19.5 Å². The van der Waals surface area contributed by atoms with Crippen molar-refractivity contribution in [2.45, 2.75) is 0 Å². The maximum Gasteiger partial charge on any atom is 0.346 e. The van der Waals surface area contributed by atoms with Gasteiger partial charge in [0.2, 0.25) is 0 Å². The molecule has 0 aliphatic heterocycles. The number of benzene rings is 2. The average Bonchev–Trinajstić information content (AvgIpc) is 3.73. The fourth-order valence-corrected chi connectivity index (χ4v) is 7.08. The number of nitriles is 1. The molecule has 0 spiro atoms. The highest BCUT2D eigenvalue weighted by atomic mass is 32.1. The third-order valence-electron chi connectivity index (χ3n) is 5.83. The van der Waals surface area contributed by atoms with E-state index in [4.69, 9.17) is 19.8 Å². The molecule has 1 N–H and O–H groups in total. The molecular formula is C30H22N2O4S3. The van der Waals surface area contributed by atoms with Crippen molar-refractivity contribution in [1.29, 1.82) is 5.26 Å². The van der Waals surface area contributed by atoms with E-state index in [0.717, 1.165) is 52.3 Å². The second-order valence-corrected chi connectivity index (χ2v) is 11.5. The minimum absolute atomic E-state index is 0.278. The fourth-order valence-electron chi connectivity index (χ4n) is 3.90. The van der Waals surface area contributed by atoms with Crippen molar-refractivity contribution in [2.75, 3.05) is 19.1 Å². The summed E-state index contributed by atoms with van der Waals surface area (Å²) in [4.78, 5) is 18.5. The highest BCUT2D eigenvalue weighted by Gasteiger charge is 2.17. The predicted octanol–water partition coefficient (Wildman–Crippen LogP) is 8.68. The smallest absolute Gasteiger partial charge is 0.346 e. The van der Waals surface area contributed by atoms with Crippen molar-refractivity contribution in [3.63, 3.8) is 0 Å². The number of aliphatic carboxylic acids is 1. The number of hydrogen-bond donors (Lipinski definition) is 1. The Morgan fingerprint density at radius 1 is 0.744 bits per heavy atom. The number of thiophene rings is 3. The van der Waals surface area contributed by atoms with Crippen LogP contribution in [0.3, 0.4) is 0 Å². The van der Waals surface area contributed by atoms with E-state index in [0.29, 0.717) is 0 Å². The Balaban J connectivity index is 1.45. The zero-order chi connectivity index (χ0) is 27.4. The van der Waals surface area contributed by atoms with Gasteiger partial charge in [-0.1, -0.05) is 0 Å². The lowest BCUT2D eigenvalue weighted by Gasteiger charge is -2.24. The summed E-state index contributed by atoms with van der Waals surface area (Å²) < 4.78 is 10.7. The summed E-state index contributed by atoms with van der Waals surface area (Å²) >= 11 is 4.84. The van der Waals surface area contributed by atoms with Gasteiger partial charge >= 0.3 is 5.97 Å². The number of anilines is 3. The molecule has 2 aromatic carbocycles. The number of carboxylic acids is 1. The van der Waals surface area contributed by atoms with Crippen molar-refractivity contribution < 1.29 is 19.4 Å². The summed E-state index contributed by atoms with van der Waals surface area (Å²) in [5.41, 5.74) is 1.75. The minimum atomic E-state index is -1.22. The molecule has 5 aromatic rings. The molecule has 0 radical (unpaired) electrons. The molecular weight excluding hydrogens is 549 g/mol. The second kappa shape index (κ2) is 11.6. The van der Waals surface area contributed by atoms with E-state index in [1.54, 1.807) is 43.0 Å². The molecule has 6 nitrogen and oxygen atoms in total. The molecule has 9 heteroatoms. The third-order valence-corrected chi connectivity index (χ3v) is 9.41. The monoisotopic (exact) mass is 570 g/mol. The quantitative estimate of drug-likeness (QED) is 0.141. The van der Waals surface area contributed by atoms with E-state index in [-0.39, 0.29) is 5.57 Å². The summed E-state index contributed by atoms with van der Waals surface area (Å²) in [6.07, 6.45) is 1.41. The Bertz CT molecular complexity index is 1620. The number of ether oxygens (including phenoxy) is 2. The van der Waals surface area contributed by atoms with Gasteiger partial charge in [-0.25, -0.2) is 4.79 Å². The first-order chi connectivity index (χ1) is 19.0. The second-order valence-electron chi connectivity index (χ2n) is 8.21. The molecule has 0 atom stereocenters. The van der Waals surface area contributed by atoms with Gasteiger partial charge in [0, 0.05) is 35.8 Å². The van der Waals surface area contributed by atoms with Crippen LogP contribution >= 0.6 is 34.0 Å². The van der Waals surface area contributed by atoms with Crippen LogP contribution in [0, 0.1) is 11.3 Å². The van der Waals surface area contributed by atoms with Crippen LogP contribution in [0.2, 0.25) is 0 Å². The van der Waals surface area contributed by atoms with Crippen molar-refractivity contribution in [2.24, 2.45) is 0 Å². The Morgan fingerprint density at radius 3 is 1.74 bits per heavy atom. The first kappa shape index (κ1) is 26.3. The minimum Gasteiger partial charge on any atom is -0.497 e. The number of hydrogen-bond acceptors (Lipinski definition) is 8. The lowest BCUT2D eigenvalue weighted by atomic mass is 10.2. The van der Waals surface area contributed by atoms with Gasteiger partial charge in [0.05, 0.1) is 14.2 Å². The van der Waals surface area contributed by atoms with Crippen molar-refractivity contribution in [3.05, 3.63) is 95.4 Å². The van der Waals surface area contributed by atoms with E-state index in [9.17, 15) is 4.79 Å². The lowest BCUT2D eigenvalue weighted by Crippen LogP contribution is -2.08. The molecule has 0 unspecified atom stereocenters. The Labute approximate surface area is 237 Å². The zero-order valence-electron chi connectivity index (χ0n) is 21.0. The van der Waals surface area contributed by atoms with Crippen LogP contribution in [0.1, 0.15) is 4.88 Å². The molecule has 39 heavy (non-hydrogen) atoms. The summed E-state index contributed by atoms with van der Waals surface area (Å²) in [7, 11) is 3.31. The van der Waals surface area contributed by atoms with E-state index < -0.39 is 5.97 Å². The standard InChI is InChI=1S/C30H22N2O4S3/c1-35-22-7-3-20(4-8-22)32(21-5-9-23(36-2)10-6-21)29-16-15-28(39-29)27-14-13-26(38-27)25-12-11-24(37-25)17-19(18-31)30(33)34/h3-17H,1-2H3,(H,33,34). The predicted molar refractivity (Wildman–Crippen MR) is 160 cm³/mol. The average molecular weight is 571 g/mol. The molecule has 194 valence electrons. The van der Waals surface area contributed by atoms with Gasteiger partial charge in [-0.15, -0.1) is 34.0 Å². The van der Waals surface area contributed by atoms with Crippen LogP contribution < -0.4 is 14.4 Å². The first-order valence-electron chi connectivity index (χ1n) is 11.7. The van der Waals surface area contributed by atoms with Gasteiger partial charge in [-0.3, -0.25) is 0 Å². The largest absolute Gasteiger partial charge is 0.497 e. The van der Waals surface area contributed by atoms with Crippen LogP contribution in [-0.2, 0) is 4.79 Å². The maximum absolute atomic E-state index is 11.2. The number of rotatable bonds is 9. The number of carboxylic acid groups (broad SMARTS) is 1. The number of nitrogens with zero attached hydrogens (tertiary/aromatic N) is 2. The molecule has 3 heterocycles. The van der Waals surface area contributed by atoms with E-state index in [1.807, 2.05) is 60.7 Å². The fraction of sp³-hybridized carbons (Fsp3) is 0.0667. The van der Waals surface area contributed by atoms with Gasteiger partial charge in [0.25, 0.3) is 0 Å². The SMILES string of the molecule is COc1ccc(N(c2ccc(OC)cc2)c2ccc(-c3ccc(-c4ccc(C=C(C#N)C(=O)O)s4)s3)s2)cc1. The molecule has 0 amide bonds.